The van der Waals surface area contributed by atoms with Crippen molar-refractivity contribution in [3.8, 4) is 0 Å². The summed E-state index contributed by atoms with van der Waals surface area (Å²) < 4.78 is 0.767. The van der Waals surface area contributed by atoms with Gasteiger partial charge in [0, 0.05) is 23.1 Å². The van der Waals surface area contributed by atoms with Crippen molar-refractivity contribution < 1.29 is 4.79 Å². The van der Waals surface area contributed by atoms with Crippen molar-refractivity contribution >= 4 is 33.4 Å². The van der Waals surface area contributed by atoms with Crippen LogP contribution in [0.5, 0.6) is 0 Å². The molecule has 1 heterocycles. The number of halogens is 2. The third-order valence-corrected chi connectivity index (χ3v) is 4.68. The standard InChI is InChI=1S/C14H18BrClN2O/c1-17-8-10-3-2-6-18(9-10)14(19)11-4-5-13(16)12(15)7-11/h4-5,7,10,17H,2-3,6,8-9H2,1H3. The molecule has 19 heavy (non-hydrogen) atoms. The maximum atomic E-state index is 12.5. The zero-order valence-corrected chi connectivity index (χ0v) is 13.3. The number of nitrogens with one attached hydrogen (secondary N) is 1. The molecule has 0 aliphatic carbocycles. The number of hydrogen-bond donors (Lipinski definition) is 1. The summed E-state index contributed by atoms with van der Waals surface area (Å²) in [4.78, 5) is 14.4. The van der Waals surface area contributed by atoms with Gasteiger partial charge in [-0.2, -0.15) is 0 Å². The zero-order chi connectivity index (χ0) is 13.8. The fourth-order valence-corrected chi connectivity index (χ4v) is 3.01. The van der Waals surface area contributed by atoms with Gasteiger partial charge in [-0.05, 0) is 66.5 Å². The predicted molar refractivity (Wildman–Crippen MR) is 81.7 cm³/mol. The second-order valence-corrected chi connectivity index (χ2v) is 6.21. The van der Waals surface area contributed by atoms with Gasteiger partial charge in [-0.3, -0.25) is 4.79 Å². The van der Waals surface area contributed by atoms with Crippen LogP contribution in [0.25, 0.3) is 0 Å². The Balaban J connectivity index is 2.08. The first-order valence-corrected chi connectivity index (χ1v) is 7.68. The molecule has 1 amide bonds. The van der Waals surface area contributed by atoms with Gasteiger partial charge >= 0.3 is 0 Å². The van der Waals surface area contributed by atoms with E-state index < -0.39 is 0 Å². The first-order chi connectivity index (χ1) is 9.11. The van der Waals surface area contributed by atoms with Crippen molar-refractivity contribution in [2.75, 3.05) is 26.7 Å². The lowest BCUT2D eigenvalue weighted by atomic mass is 9.97. The summed E-state index contributed by atoms with van der Waals surface area (Å²) in [6.45, 7) is 2.65. The molecule has 0 radical (unpaired) electrons. The van der Waals surface area contributed by atoms with Crippen LogP contribution in [0.2, 0.25) is 5.02 Å². The minimum absolute atomic E-state index is 0.0955. The van der Waals surface area contributed by atoms with Gasteiger partial charge in [0.05, 0.1) is 5.02 Å². The fraction of sp³-hybridized carbons (Fsp3) is 0.500. The maximum absolute atomic E-state index is 12.5. The van der Waals surface area contributed by atoms with Gasteiger partial charge < -0.3 is 10.2 Å². The third kappa shape index (κ3) is 3.71. The Kier molecular flexibility index (Phi) is 5.25. The van der Waals surface area contributed by atoms with E-state index in [0.717, 1.165) is 30.5 Å². The van der Waals surface area contributed by atoms with Crippen molar-refractivity contribution in [3.63, 3.8) is 0 Å². The van der Waals surface area contributed by atoms with Gasteiger partial charge in [-0.25, -0.2) is 0 Å². The Hall–Kier alpha value is -0.580. The highest BCUT2D eigenvalue weighted by Crippen LogP contribution is 2.25. The smallest absolute Gasteiger partial charge is 0.253 e. The van der Waals surface area contributed by atoms with E-state index in [9.17, 15) is 4.79 Å². The number of nitrogens with zero attached hydrogens (tertiary/aromatic N) is 1. The number of carbonyl (C=O) groups is 1. The molecule has 0 aromatic heterocycles. The highest BCUT2D eigenvalue weighted by molar-refractivity contribution is 9.10. The molecule has 1 unspecified atom stereocenters. The Morgan fingerprint density at radius 2 is 2.37 bits per heavy atom. The molecule has 0 spiro atoms. The molecule has 1 N–H and O–H groups in total. The number of piperidine rings is 1. The third-order valence-electron chi connectivity index (χ3n) is 3.47. The zero-order valence-electron chi connectivity index (χ0n) is 11.0. The molecule has 3 nitrogen and oxygen atoms in total. The summed E-state index contributed by atoms with van der Waals surface area (Å²) in [6.07, 6.45) is 2.27. The van der Waals surface area contributed by atoms with Crippen LogP contribution in [0.15, 0.2) is 22.7 Å². The number of rotatable bonds is 3. The van der Waals surface area contributed by atoms with Gasteiger partial charge in [0.2, 0.25) is 0 Å². The Morgan fingerprint density at radius 1 is 1.58 bits per heavy atom. The van der Waals surface area contributed by atoms with Crippen LogP contribution < -0.4 is 5.32 Å². The summed E-state index contributed by atoms with van der Waals surface area (Å²) in [5.74, 6) is 0.650. The summed E-state index contributed by atoms with van der Waals surface area (Å²) in [6, 6.07) is 5.34. The van der Waals surface area contributed by atoms with Crippen LogP contribution in [0.1, 0.15) is 23.2 Å². The van der Waals surface area contributed by atoms with Gasteiger partial charge in [0.15, 0.2) is 0 Å². The van der Waals surface area contributed by atoms with Gasteiger partial charge in [-0.1, -0.05) is 11.6 Å². The molecule has 1 aromatic rings. The highest BCUT2D eigenvalue weighted by Gasteiger charge is 2.24. The van der Waals surface area contributed by atoms with Crippen molar-refractivity contribution in [2.45, 2.75) is 12.8 Å². The first kappa shape index (κ1) is 14.8. The molecule has 0 bridgehead atoms. The molecule has 5 heteroatoms. The summed E-state index contributed by atoms with van der Waals surface area (Å²) in [5.41, 5.74) is 0.696. The topological polar surface area (TPSA) is 32.3 Å². The first-order valence-electron chi connectivity index (χ1n) is 6.50. The van der Waals surface area contributed by atoms with E-state index in [2.05, 4.69) is 21.2 Å². The molecule has 0 saturated carbocycles. The van der Waals surface area contributed by atoms with Crippen LogP contribution in [0, 0.1) is 5.92 Å². The summed E-state index contributed by atoms with van der Waals surface area (Å²) >= 11 is 9.32. The van der Waals surface area contributed by atoms with Crippen molar-refractivity contribution in [1.82, 2.24) is 10.2 Å². The van der Waals surface area contributed by atoms with Crippen molar-refractivity contribution in [1.29, 1.82) is 0 Å². The summed E-state index contributed by atoms with van der Waals surface area (Å²) in [7, 11) is 1.96. The Labute approximate surface area is 127 Å². The average Bonchev–Trinajstić information content (AvgIpc) is 2.42. The van der Waals surface area contributed by atoms with Crippen LogP contribution in [-0.2, 0) is 0 Å². The molecule has 1 aliphatic rings. The number of carbonyl (C=O) groups excluding carboxylic acids is 1. The lowest BCUT2D eigenvalue weighted by Crippen LogP contribution is -2.42. The predicted octanol–water partition coefficient (Wildman–Crippen LogP) is 3.17. The number of benzene rings is 1. The minimum atomic E-state index is 0.0955. The average molecular weight is 346 g/mol. The molecule has 104 valence electrons. The molecule has 1 atom stereocenters. The Bertz CT molecular complexity index is 465. The van der Waals surface area contributed by atoms with Crippen molar-refractivity contribution in [3.05, 3.63) is 33.3 Å². The van der Waals surface area contributed by atoms with E-state index in [0.29, 0.717) is 16.5 Å². The van der Waals surface area contributed by atoms with E-state index in [1.165, 1.54) is 6.42 Å². The van der Waals surface area contributed by atoms with Gasteiger partial charge in [-0.15, -0.1) is 0 Å². The van der Waals surface area contributed by atoms with Gasteiger partial charge in [0.25, 0.3) is 5.91 Å². The monoisotopic (exact) mass is 344 g/mol. The highest BCUT2D eigenvalue weighted by atomic mass is 79.9. The van der Waals surface area contributed by atoms with E-state index in [1.807, 2.05) is 11.9 Å². The molecular formula is C14H18BrClN2O. The Morgan fingerprint density at radius 3 is 3.05 bits per heavy atom. The maximum Gasteiger partial charge on any atom is 0.253 e. The van der Waals surface area contributed by atoms with E-state index in [4.69, 9.17) is 11.6 Å². The lowest BCUT2D eigenvalue weighted by molar-refractivity contribution is 0.0674. The number of likely N-dealkylation sites (tertiary alicyclic amines) is 1. The summed E-state index contributed by atoms with van der Waals surface area (Å²) in [5, 5.41) is 3.82. The second-order valence-electron chi connectivity index (χ2n) is 4.95. The van der Waals surface area contributed by atoms with Crippen LogP contribution in [-0.4, -0.2) is 37.5 Å². The minimum Gasteiger partial charge on any atom is -0.338 e. The van der Waals surface area contributed by atoms with Crippen LogP contribution >= 0.6 is 27.5 Å². The van der Waals surface area contributed by atoms with Crippen LogP contribution in [0.4, 0.5) is 0 Å². The van der Waals surface area contributed by atoms with E-state index in [-0.39, 0.29) is 5.91 Å². The molecule has 1 fully saturated rings. The molecule has 2 rings (SSSR count). The SMILES string of the molecule is CNCC1CCCN(C(=O)c2ccc(Cl)c(Br)c2)C1. The van der Waals surface area contributed by atoms with Gasteiger partial charge in [0.1, 0.15) is 0 Å². The quantitative estimate of drug-likeness (QED) is 0.912. The van der Waals surface area contributed by atoms with E-state index in [1.54, 1.807) is 18.2 Å². The fourth-order valence-electron chi connectivity index (χ4n) is 2.52. The van der Waals surface area contributed by atoms with Crippen LogP contribution in [0.3, 0.4) is 0 Å². The number of amides is 1. The normalized spacial score (nSPS) is 19.5. The number of hydrogen-bond acceptors (Lipinski definition) is 2. The van der Waals surface area contributed by atoms with E-state index >= 15 is 0 Å². The molecule has 1 aromatic carbocycles. The molecule has 1 saturated heterocycles. The molecular weight excluding hydrogens is 328 g/mol. The lowest BCUT2D eigenvalue weighted by Gasteiger charge is -2.32. The largest absolute Gasteiger partial charge is 0.338 e. The second kappa shape index (κ2) is 6.73. The molecule has 1 aliphatic heterocycles. The van der Waals surface area contributed by atoms with Crippen molar-refractivity contribution in [2.24, 2.45) is 5.92 Å².